The van der Waals surface area contributed by atoms with Gasteiger partial charge in [0, 0.05) is 27.4 Å². The number of amides is 1. The second kappa shape index (κ2) is 8.45. The van der Waals surface area contributed by atoms with E-state index in [0.29, 0.717) is 16.0 Å². The van der Waals surface area contributed by atoms with Gasteiger partial charge in [-0.3, -0.25) is 14.6 Å². The van der Waals surface area contributed by atoms with Crippen LogP contribution in [0.25, 0.3) is 10.1 Å². The molecule has 9 heteroatoms. The van der Waals surface area contributed by atoms with Gasteiger partial charge < -0.3 is 10.4 Å². The predicted molar refractivity (Wildman–Crippen MR) is 102 cm³/mol. The van der Waals surface area contributed by atoms with Gasteiger partial charge in [-0.2, -0.15) is 0 Å². The fraction of sp³-hybridized carbons (Fsp3) is 0.176. The molecule has 0 saturated heterocycles. The molecular weight excluding hydrogens is 377 g/mol. The maximum atomic E-state index is 14.4. The number of pyridine rings is 1. The highest BCUT2D eigenvalue weighted by Crippen LogP contribution is 2.37. The van der Waals surface area contributed by atoms with Crippen LogP contribution in [-0.4, -0.2) is 35.5 Å². The average Bonchev–Trinajstić information content (AvgIpc) is 3.02. The third-order valence-corrected chi connectivity index (χ3v) is 5.38. The minimum atomic E-state index is -0.483. The minimum absolute atomic E-state index is 0.0221. The molecule has 0 bridgehead atoms. The summed E-state index contributed by atoms with van der Waals surface area (Å²) in [7, 11) is 0. The molecule has 3 aromatic rings. The monoisotopic (exact) mass is 393 g/mol. The van der Waals surface area contributed by atoms with E-state index < -0.39 is 11.7 Å². The lowest BCUT2D eigenvalue weighted by atomic mass is 10.2. The van der Waals surface area contributed by atoms with Crippen molar-refractivity contribution in [1.82, 2.24) is 10.5 Å². The molecule has 0 aliphatic rings. The number of hydrogen-bond acceptors (Lipinski definition) is 7. The summed E-state index contributed by atoms with van der Waals surface area (Å²) in [6.07, 6.45) is 5.11. The number of carbonyl (C=O) groups excluding carboxylic acids is 1. The number of thiophene rings is 1. The van der Waals surface area contributed by atoms with Crippen LogP contribution >= 0.6 is 23.1 Å². The zero-order valence-corrected chi connectivity index (χ0v) is 15.4. The van der Waals surface area contributed by atoms with E-state index in [0.717, 1.165) is 9.60 Å². The van der Waals surface area contributed by atoms with Gasteiger partial charge in [0.1, 0.15) is 10.7 Å². The van der Waals surface area contributed by atoms with Crippen molar-refractivity contribution in [2.45, 2.75) is 4.90 Å². The predicted octanol–water partition coefficient (Wildman–Crippen LogP) is 3.55. The Balaban J connectivity index is 1.98. The van der Waals surface area contributed by atoms with Crippen LogP contribution in [0.3, 0.4) is 0 Å². The SMILES string of the molecule is CSc1ccc(Nc2c(C(=O)NOCCO)sc3ccncc23)c(F)c1. The molecule has 1 amide bonds. The van der Waals surface area contributed by atoms with Crippen LogP contribution in [0.4, 0.5) is 15.8 Å². The van der Waals surface area contributed by atoms with E-state index in [2.05, 4.69) is 15.8 Å². The molecule has 26 heavy (non-hydrogen) atoms. The molecule has 0 atom stereocenters. The van der Waals surface area contributed by atoms with Gasteiger partial charge in [-0.15, -0.1) is 23.1 Å². The molecule has 2 heterocycles. The van der Waals surface area contributed by atoms with E-state index in [1.165, 1.54) is 29.2 Å². The standard InChI is InChI=1S/C17H16FN3O3S2/c1-25-10-2-3-13(12(18)8-10)20-15-11-9-19-5-4-14(11)26-16(15)17(23)21-24-7-6-22/h2-5,8-9,20,22H,6-7H2,1H3,(H,21,23). The number of hydrogen-bond donors (Lipinski definition) is 3. The summed E-state index contributed by atoms with van der Waals surface area (Å²) in [5, 5.41) is 12.5. The Hall–Kier alpha value is -2.20. The van der Waals surface area contributed by atoms with Crippen LogP contribution < -0.4 is 10.8 Å². The maximum Gasteiger partial charge on any atom is 0.287 e. The number of anilines is 2. The van der Waals surface area contributed by atoms with E-state index in [1.807, 2.05) is 6.26 Å². The third kappa shape index (κ3) is 3.96. The van der Waals surface area contributed by atoms with Crippen LogP contribution in [0, 0.1) is 5.82 Å². The highest BCUT2D eigenvalue weighted by molar-refractivity contribution is 7.98. The zero-order valence-electron chi connectivity index (χ0n) is 13.8. The van der Waals surface area contributed by atoms with E-state index in [1.54, 1.807) is 30.6 Å². The van der Waals surface area contributed by atoms with E-state index in [-0.39, 0.29) is 18.9 Å². The zero-order chi connectivity index (χ0) is 18.5. The minimum Gasteiger partial charge on any atom is -0.394 e. The van der Waals surface area contributed by atoms with Gasteiger partial charge in [0.2, 0.25) is 0 Å². The Morgan fingerprint density at radius 3 is 3.00 bits per heavy atom. The lowest BCUT2D eigenvalue weighted by molar-refractivity contribution is 0.0172. The Kier molecular flexibility index (Phi) is 6.04. The lowest BCUT2D eigenvalue weighted by Gasteiger charge is -2.10. The number of benzene rings is 1. The number of fused-ring (bicyclic) bond motifs is 1. The molecule has 0 saturated carbocycles. The fourth-order valence-corrected chi connectivity index (χ4v) is 3.73. The molecule has 3 N–H and O–H groups in total. The van der Waals surface area contributed by atoms with Gasteiger partial charge in [0.15, 0.2) is 0 Å². The van der Waals surface area contributed by atoms with Crippen molar-refractivity contribution < 1.29 is 19.1 Å². The highest BCUT2D eigenvalue weighted by atomic mass is 32.2. The van der Waals surface area contributed by atoms with E-state index >= 15 is 0 Å². The molecule has 0 radical (unpaired) electrons. The molecular formula is C17H16FN3O3S2. The van der Waals surface area contributed by atoms with Crippen LogP contribution in [0.15, 0.2) is 41.6 Å². The first kappa shape index (κ1) is 18.6. The van der Waals surface area contributed by atoms with E-state index in [4.69, 9.17) is 9.94 Å². The average molecular weight is 393 g/mol. The van der Waals surface area contributed by atoms with Gasteiger partial charge in [0.25, 0.3) is 5.91 Å². The number of nitrogens with zero attached hydrogens (tertiary/aromatic N) is 1. The topological polar surface area (TPSA) is 83.5 Å². The van der Waals surface area contributed by atoms with Crippen molar-refractivity contribution in [3.05, 3.63) is 47.4 Å². The number of nitrogens with one attached hydrogen (secondary N) is 2. The first-order chi connectivity index (χ1) is 12.6. The summed E-state index contributed by atoms with van der Waals surface area (Å²) < 4.78 is 15.2. The van der Waals surface area contributed by atoms with Crippen LogP contribution in [0.5, 0.6) is 0 Å². The van der Waals surface area contributed by atoms with Crippen LogP contribution in [0.2, 0.25) is 0 Å². The maximum absolute atomic E-state index is 14.4. The molecule has 136 valence electrons. The smallest absolute Gasteiger partial charge is 0.287 e. The van der Waals surface area contributed by atoms with Crippen LogP contribution in [0.1, 0.15) is 9.67 Å². The Labute approximate surface area is 157 Å². The van der Waals surface area contributed by atoms with Crippen molar-refractivity contribution in [2.24, 2.45) is 0 Å². The normalized spacial score (nSPS) is 10.9. The number of hydroxylamine groups is 1. The Morgan fingerprint density at radius 2 is 2.27 bits per heavy atom. The molecule has 2 aromatic heterocycles. The molecule has 6 nitrogen and oxygen atoms in total. The number of aliphatic hydroxyl groups is 1. The molecule has 0 spiro atoms. The Bertz CT molecular complexity index is 933. The second-order valence-electron chi connectivity index (χ2n) is 5.15. The van der Waals surface area contributed by atoms with Gasteiger partial charge >= 0.3 is 0 Å². The van der Waals surface area contributed by atoms with Crippen molar-refractivity contribution in [3.8, 4) is 0 Å². The highest BCUT2D eigenvalue weighted by Gasteiger charge is 2.20. The van der Waals surface area contributed by atoms with Gasteiger partial charge in [0.05, 0.1) is 24.6 Å². The van der Waals surface area contributed by atoms with E-state index in [9.17, 15) is 9.18 Å². The number of carbonyl (C=O) groups is 1. The molecule has 1 aromatic carbocycles. The lowest BCUT2D eigenvalue weighted by Crippen LogP contribution is -2.24. The molecule has 3 rings (SSSR count). The van der Waals surface area contributed by atoms with Crippen molar-refractivity contribution in [1.29, 1.82) is 0 Å². The van der Waals surface area contributed by atoms with Crippen LogP contribution in [-0.2, 0) is 4.84 Å². The first-order valence-electron chi connectivity index (χ1n) is 7.64. The second-order valence-corrected chi connectivity index (χ2v) is 7.08. The number of aromatic nitrogens is 1. The van der Waals surface area contributed by atoms with Crippen molar-refractivity contribution >= 4 is 50.5 Å². The summed E-state index contributed by atoms with van der Waals surface area (Å²) >= 11 is 2.68. The summed E-state index contributed by atoms with van der Waals surface area (Å²) in [6, 6.07) is 6.64. The Morgan fingerprint density at radius 1 is 1.42 bits per heavy atom. The quantitative estimate of drug-likeness (QED) is 0.323. The summed E-state index contributed by atoms with van der Waals surface area (Å²) in [5.74, 6) is -0.897. The largest absolute Gasteiger partial charge is 0.394 e. The van der Waals surface area contributed by atoms with Crippen molar-refractivity contribution in [2.75, 3.05) is 24.8 Å². The van der Waals surface area contributed by atoms with Gasteiger partial charge in [-0.25, -0.2) is 9.87 Å². The number of thioether (sulfide) groups is 1. The first-order valence-corrected chi connectivity index (χ1v) is 9.68. The van der Waals surface area contributed by atoms with Gasteiger partial charge in [-0.05, 0) is 30.5 Å². The third-order valence-electron chi connectivity index (χ3n) is 3.49. The number of halogens is 1. The number of aliphatic hydroxyl groups excluding tert-OH is 1. The van der Waals surface area contributed by atoms with Crippen molar-refractivity contribution in [3.63, 3.8) is 0 Å². The molecule has 0 unspecified atom stereocenters. The summed E-state index contributed by atoms with van der Waals surface area (Å²) in [5.41, 5.74) is 2.99. The molecule has 0 fully saturated rings. The molecule has 0 aliphatic heterocycles. The summed E-state index contributed by atoms with van der Waals surface area (Å²) in [4.78, 5) is 22.5. The molecule has 0 aliphatic carbocycles. The fourth-order valence-electron chi connectivity index (χ4n) is 2.29. The number of rotatable bonds is 7. The summed E-state index contributed by atoms with van der Waals surface area (Å²) in [6.45, 7) is -0.236. The van der Waals surface area contributed by atoms with Gasteiger partial charge in [-0.1, -0.05) is 0 Å².